The van der Waals surface area contributed by atoms with E-state index in [-0.39, 0.29) is 10.8 Å². The molecule has 2 aromatic rings. The number of hydrogen-bond acceptors (Lipinski definition) is 6. The topological polar surface area (TPSA) is 127 Å². The van der Waals surface area contributed by atoms with Crippen molar-refractivity contribution in [3.8, 4) is 0 Å². The van der Waals surface area contributed by atoms with E-state index in [0.29, 0.717) is 16.1 Å². The van der Waals surface area contributed by atoms with Crippen molar-refractivity contribution in [3.63, 3.8) is 0 Å². The van der Waals surface area contributed by atoms with Gasteiger partial charge in [0.05, 0.1) is 10.5 Å². The first-order valence-electron chi connectivity index (χ1n) is 7.28. The van der Waals surface area contributed by atoms with Crippen molar-refractivity contribution in [2.24, 2.45) is 5.14 Å². The van der Waals surface area contributed by atoms with Gasteiger partial charge in [-0.1, -0.05) is 33.7 Å². The van der Waals surface area contributed by atoms with Crippen molar-refractivity contribution < 1.29 is 23.1 Å². The predicted molar refractivity (Wildman–Crippen MR) is 103 cm³/mol. The van der Waals surface area contributed by atoms with Gasteiger partial charge in [0.15, 0.2) is 0 Å². The molecular weight excluding hydrogens is 396 g/mol. The van der Waals surface area contributed by atoms with Crippen LogP contribution in [0.5, 0.6) is 0 Å². The van der Waals surface area contributed by atoms with Gasteiger partial charge in [-0.15, -0.1) is 0 Å². The number of sulfonamides is 1. The average Bonchev–Trinajstić information content (AvgIpc) is 2.59. The Morgan fingerprint density at radius 1 is 1.12 bits per heavy atom. The molecule has 138 valence electrons. The van der Waals surface area contributed by atoms with E-state index in [1.165, 1.54) is 35.1 Å². The Morgan fingerprint density at radius 2 is 1.73 bits per heavy atom. The van der Waals surface area contributed by atoms with E-state index < -0.39 is 21.2 Å². The van der Waals surface area contributed by atoms with E-state index >= 15 is 0 Å². The number of benzene rings is 2. The molecule has 0 saturated heterocycles. The molecular formula is C16H16N2O5S3. The molecule has 0 bridgehead atoms. The van der Waals surface area contributed by atoms with Gasteiger partial charge < -0.3 is 10.4 Å². The highest BCUT2D eigenvalue weighted by Crippen LogP contribution is 2.36. The van der Waals surface area contributed by atoms with Crippen LogP contribution in [0.1, 0.15) is 17.3 Å². The molecule has 0 spiro atoms. The lowest BCUT2D eigenvalue weighted by Crippen LogP contribution is -2.14. The molecule has 0 saturated carbocycles. The van der Waals surface area contributed by atoms with Crippen molar-refractivity contribution in [3.05, 3.63) is 54.1 Å². The van der Waals surface area contributed by atoms with Crippen LogP contribution in [0.15, 0.2) is 58.3 Å². The quantitative estimate of drug-likeness (QED) is 0.597. The minimum Gasteiger partial charge on any atom is -0.480 e. The van der Waals surface area contributed by atoms with E-state index in [1.54, 1.807) is 31.2 Å². The fourth-order valence-corrected chi connectivity index (χ4v) is 4.48. The van der Waals surface area contributed by atoms with Crippen LogP contribution in [0, 0.1) is 0 Å². The summed E-state index contributed by atoms with van der Waals surface area (Å²) in [6, 6.07) is 12.3. The Morgan fingerprint density at radius 3 is 2.31 bits per heavy atom. The molecule has 0 fully saturated rings. The van der Waals surface area contributed by atoms with Gasteiger partial charge in [0.2, 0.25) is 10.0 Å². The lowest BCUT2D eigenvalue weighted by Gasteiger charge is -2.11. The molecule has 1 amide bonds. The van der Waals surface area contributed by atoms with Gasteiger partial charge in [-0.2, -0.15) is 0 Å². The molecule has 0 heterocycles. The van der Waals surface area contributed by atoms with Gasteiger partial charge in [0, 0.05) is 10.6 Å². The van der Waals surface area contributed by atoms with Crippen LogP contribution in [-0.2, 0) is 14.8 Å². The van der Waals surface area contributed by atoms with E-state index in [1.807, 2.05) is 0 Å². The fourth-order valence-electron chi connectivity index (χ4n) is 1.82. The van der Waals surface area contributed by atoms with Gasteiger partial charge in [0.25, 0.3) is 5.91 Å². The summed E-state index contributed by atoms with van der Waals surface area (Å²) in [5, 5.41) is 16.0. The second kappa shape index (κ2) is 8.58. The third kappa shape index (κ3) is 5.49. The van der Waals surface area contributed by atoms with Crippen LogP contribution in [0.2, 0.25) is 0 Å². The van der Waals surface area contributed by atoms with Gasteiger partial charge in [-0.25, -0.2) is 13.6 Å². The number of rotatable bonds is 7. The minimum absolute atomic E-state index is 0.0505. The lowest BCUT2D eigenvalue weighted by atomic mass is 10.2. The summed E-state index contributed by atoms with van der Waals surface area (Å²) in [5.41, 5.74) is 0.798. The monoisotopic (exact) mass is 412 g/mol. The van der Waals surface area contributed by atoms with E-state index in [4.69, 9.17) is 10.2 Å². The smallest absolute Gasteiger partial charge is 0.317 e. The molecule has 0 radical (unpaired) electrons. The van der Waals surface area contributed by atoms with Crippen LogP contribution < -0.4 is 10.5 Å². The number of primary sulfonamides is 1. The summed E-state index contributed by atoms with van der Waals surface area (Å²) in [4.78, 5) is 24.0. The third-order valence-electron chi connectivity index (χ3n) is 3.20. The normalized spacial score (nSPS) is 12.4. The number of aliphatic carboxylic acids is 1. The molecule has 7 nitrogen and oxygen atoms in total. The number of amides is 1. The van der Waals surface area contributed by atoms with Crippen LogP contribution in [0.25, 0.3) is 0 Å². The zero-order valence-electron chi connectivity index (χ0n) is 13.6. The first-order chi connectivity index (χ1) is 12.2. The van der Waals surface area contributed by atoms with Crippen molar-refractivity contribution in [2.75, 3.05) is 5.32 Å². The first-order valence-corrected chi connectivity index (χ1v) is 11.0. The molecule has 26 heavy (non-hydrogen) atoms. The maximum Gasteiger partial charge on any atom is 0.317 e. The average molecular weight is 413 g/mol. The summed E-state index contributed by atoms with van der Waals surface area (Å²) in [7, 11) is -1.45. The maximum atomic E-state index is 12.5. The summed E-state index contributed by atoms with van der Waals surface area (Å²) >= 11 is 0. The molecule has 4 N–H and O–H groups in total. The van der Waals surface area contributed by atoms with Gasteiger partial charge in [-0.3, -0.25) is 9.59 Å². The number of carbonyl (C=O) groups excluding carboxylic acids is 1. The van der Waals surface area contributed by atoms with Gasteiger partial charge in [-0.05, 0) is 43.3 Å². The summed E-state index contributed by atoms with van der Waals surface area (Å²) in [6.07, 6.45) is 0. The highest BCUT2D eigenvalue weighted by molar-refractivity contribution is 8.77. The molecule has 2 aromatic carbocycles. The molecule has 0 aliphatic rings. The van der Waals surface area contributed by atoms with Crippen LogP contribution in [0.4, 0.5) is 5.69 Å². The van der Waals surface area contributed by atoms with Crippen molar-refractivity contribution in [2.45, 2.75) is 22.0 Å². The predicted octanol–water partition coefficient (Wildman–Crippen LogP) is 2.80. The van der Waals surface area contributed by atoms with Gasteiger partial charge >= 0.3 is 5.97 Å². The summed E-state index contributed by atoms with van der Waals surface area (Å²) < 4.78 is 22.5. The van der Waals surface area contributed by atoms with Crippen molar-refractivity contribution in [1.82, 2.24) is 0 Å². The number of carbonyl (C=O) groups is 2. The first kappa shape index (κ1) is 20.3. The van der Waals surface area contributed by atoms with Crippen molar-refractivity contribution in [1.29, 1.82) is 0 Å². The standard InChI is InChI=1S/C16H16N2O5S3/c1-10(16(20)21)24-25-14-5-3-2-4-13(14)15(19)18-11-6-8-12(9-7-11)26(17,22)23/h2-10H,1H3,(H,18,19)(H,20,21)(H2,17,22,23)/t10-/m0/s1. The Balaban J connectivity index is 2.13. The highest BCUT2D eigenvalue weighted by Gasteiger charge is 2.16. The van der Waals surface area contributed by atoms with Crippen molar-refractivity contribution >= 4 is 49.2 Å². The molecule has 2 rings (SSSR count). The Hall–Kier alpha value is -2.01. The zero-order valence-corrected chi connectivity index (χ0v) is 16.0. The van der Waals surface area contributed by atoms with Crippen LogP contribution in [-0.4, -0.2) is 30.7 Å². The summed E-state index contributed by atoms with van der Waals surface area (Å²) in [5.74, 6) is -1.32. The molecule has 0 aliphatic heterocycles. The molecule has 0 aliphatic carbocycles. The largest absolute Gasteiger partial charge is 0.480 e. The second-order valence-corrected chi connectivity index (χ2v) is 9.32. The van der Waals surface area contributed by atoms with E-state index in [9.17, 15) is 18.0 Å². The minimum atomic E-state index is -3.80. The molecule has 0 unspecified atom stereocenters. The number of nitrogens with one attached hydrogen (secondary N) is 1. The Kier molecular flexibility index (Phi) is 6.70. The Labute approximate surface area is 158 Å². The van der Waals surface area contributed by atoms with Crippen LogP contribution >= 0.6 is 21.6 Å². The number of carboxylic acids is 1. The summed E-state index contributed by atoms with van der Waals surface area (Å²) in [6.45, 7) is 1.57. The molecule has 1 atom stereocenters. The lowest BCUT2D eigenvalue weighted by molar-refractivity contribution is -0.136. The van der Waals surface area contributed by atoms with Gasteiger partial charge in [0.1, 0.15) is 5.25 Å². The number of anilines is 1. The molecule has 10 heteroatoms. The maximum absolute atomic E-state index is 12.5. The highest BCUT2D eigenvalue weighted by atomic mass is 33.1. The fraction of sp³-hybridized carbons (Fsp3) is 0.125. The SMILES string of the molecule is C[C@H](SSc1ccccc1C(=O)Nc1ccc(S(N)(=O)=O)cc1)C(=O)O. The Bertz CT molecular complexity index is 914. The number of nitrogens with two attached hydrogens (primary N) is 1. The van der Waals surface area contributed by atoms with E-state index in [2.05, 4.69) is 5.32 Å². The third-order valence-corrected chi connectivity index (χ3v) is 6.95. The number of hydrogen-bond donors (Lipinski definition) is 3. The second-order valence-electron chi connectivity index (χ2n) is 5.18. The molecule has 0 aromatic heterocycles. The van der Waals surface area contributed by atoms with Crippen LogP contribution in [0.3, 0.4) is 0 Å². The zero-order chi connectivity index (χ0) is 19.3. The number of carboxylic acid groups (broad SMARTS) is 1. The van der Waals surface area contributed by atoms with E-state index in [0.717, 1.165) is 10.8 Å².